The lowest BCUT2D eigenvalue weighted by molar-refractivity contribution is 0.471. The summed E-state index contributed by atoms with van der Waals surface area (Å²) in [6.45, 7) is 3.86. The van der Waals surface area contributed by atoms with E-state index in [0.717, 1.165) is 56.3 Å². The Morgan fingerprint density at radius 3 is 2.07 bits per heavy atom. The van der Waals surface area contributed by atoms with Crippen molar-refractivity contribution in [3.63, 3.8) is 0 Å². The van der Waals surface area contributed by atoms with Gasteiger partial charge in [0, 0.05) is 36.2 Å². The van der Waals surface area contributed by atoms with E-state index in [0.29, 0.717) is 27.9 Å². The summed E-state index contributed by atoms with van der Waals surface area (Å²) in [4.78, 5) is 18.2. The molecule has 0 spiro atoms. The molecule has 2 saturated heterocycles. The molecule has 28 heavy (non-hydrogen) atoms. The van der Waals surface area contributed by atoms with E-state index in [1.165, 1.54) is 0 Å². The maximum Gasteiger partial charge on any atom is 0.250 e. The van der Waals surface area contributed by atoms with Gasteiger partial charge >= 0.3 is 0 Å². The summed E-state index contributed by atoms with van der Waals surface area (Å²) in [5, 5.41) is 14.4. The molecule has 0 unspecified atom stereocenters. The number of aromatic hydroxyl groups is 1. The lowest BCUT2D eigenvalue weighted by Crippen LogP contribution is -2.25. The summed E-state index contributed by atoms with van der Waals surface area (Å²) < 4.78 is 1.43. The zero-order chi connectivity index (χ0) is 19.5. The molecular formula is C18H21Br2N7O. The van der Waals surface area contributed by atoms with Crippen molar-refractivity contribution in [3.05, 3.63) is 26.6 Å². The van der Waals surface area contributed by atoms with Gasteiger partial charge in [0.25, 0.3) is 0 Å². The summed E-state index contributed by atoms with van der Waals surface area (Å²) in [7, 11) is 0. The van der Waals surface area contributed by atoms with Crippen molar-refractivity contribution in [2.24, 2.45) is 5.10 Å². The topological polar surface area (TPSA) is 89.8 Å². The molecule has 0 bridgehead atoms. The lowest BCUT2D eigenvalue weighted by Gasteiger charge is -2.20. The van der Waals surface area contributed by atoms with Crippen LogP contribution in [0.1, 0.15) is 31.2 Å². The zero-order valence-corrected chi connectivity index (χ0v) is 18.4. The molecule has 4 rings (SSSR count). The number of nitrogens with one attached hydrogen (secondary N) is 1. The number of benzene rings is 1. The number of hydrazone groups is 1. The largest absolute Gasteiger partial charge is 0.506 e. The molecule has 0 aliphatic carbocycles. The zero-order valence-electron chi connectivity index (χ0n) is 15.3. The minimum Gasteiger partial charge on any atom is -0.506 e. The number of nitrogens with zero attached hydrogens (tertiary/aromatic N) is 6. The van der Waals surface area contributed by atoms with Crippen LogP contribution in [0.15, 0.2) is 26.2 Å². The van der Waals surface area contributed by atoms with Gasteiger partial charge in [-0.25, -0.2) is 5.43 Å². The molecule has 0 saturated carbocycles. The number of phenolic OH excluding ortho intramolecular Hbond substituents is 1. The molecule has 148 valence electrons. The van der Waals surface area contributed by atoms with Crippen LogP contribution in [-0.2, 0) is 0 Å². The van der Waals surface area contributed by atoms with E-state index < -0.39 is 0 Å². The first-order valence-electron chi connectivity index (χ1n) is 9.33. The second-order valence-electron chi connectivity index (χ2n) is 6.84. The van der Waals surface area contributed by atoms with Gasteiger partial charge in [-0.05, 0) is 53.7 Å². The maximum atomic E-state index is 10.2. The highest BCUT2D eigenvalue weighted by Gasteiger charge is 2.21. The molecule has 2 aliphatic heterocycles. The highest BCUT2D eigenvalue weighted by molar-refractivity contribution is 9.11. The summed E-state index contributed by atoms with van der Waals surface area (Å²) in [6.07, 6.45) is 6.16. The van der Waals surface area contributed by atoms with Crippen molar-refractivity contribution < 1.29 is 5.11 Å². The van der Waals surface area contributed by atoms with E-state index in [-0.39, 0.29) is 5.75 Å². The minimum absolute atomic E-state index is 0.125. The fraction of sp³-hybridized carbons (Fsp3) is 0.444. The Kier molecular flexibility index (Phi) is 5.96. The van der Waals surface area contributed by atoms with E-state index in [1.54, 1.807) is 18.3 Å². The second kappa shape index (κ2) is 8.60. The first-order valence-corrected chi connectivity index (χ1v) is 10.9. The van der Waals surface area contributed by atoms with Gasteiger partial charge in [-0.1, -0.05) is 15.9 Å². The van der Waals surface area contributed by atoms with E-state index in [9.17, 15) is 5.11 Å². The van der Waals surface area contributed by atoms with Crippen LogP contribution in [0.4, 0.5) is 17.8 Å². The van der Waals surface area contributed by atoms with Crippen molar-refractivity contribution in [1.29, 1.82) is 0 Å². The normalized spacial score (nSPS) is 17.1. The molecule has 1 aromatic carbocycles. The van der Waals surface area contributed by atoms with Gasteiger partial charge in [-0.2, -0.15) is 20.1 Å². The summed E-state index contributed by atoms with van der Waals surface area (Å²) in [6, 6.07) is 3.56. The Bertz CT molecular complexity index is 846. The average Bonchev–Trinajstić information content (AvgIpc) is 3.39. The predicted octanol–water partition coefficient (Wildman–Crippen LogP) is 3.75. The van der Waals surface area contributed by atoms with Crippen LogP contribution in [0.25, 0.3) is 0 Å². The summed E-state index contributed by atoms with van der Waals surface area (Å²) >= 11 is 6.73. The number of anilines is 3. The molecule has 0 amide bonds. The molecule has 10 heteroatoms. The number of phenols is 1. The van der Waals surface area contributed by atoms with E-state index in [2.05, 4.69) is 67.1 Å². The molecule has 0 atom stereocenters. The lowest BCUT2D eigenvalue weighted by atomic mass is 10.2. The Labute approximate surface area is 180 Å². The number of rotatable bonds is 5. The van der Waals surface area contributed by atoms with Crippen molar-refractivity contribution >= 4 is 55.9 Å². The van der Waals surface area contributed by atoms with Crippen LogP contribution in [-0.4, -0.2) is 52.5 Å². The van der Waals surface area contributed by atoms with Crippen LogP contribution in [0.3, 0.4) is 0 Å². The molecule has 2 aromatic rings. The third kappa shape index (κ3) is 4.38. The third-order valence-electron chi connectivity index (χ3n) is 4.82. The van der Waals surface area contributed by atoms with Crippen LogP contribution < -0.4 is 15.2 Å². The number of hydrogen-bond donors (Lipinski definition) is 2. The Morgan fingerprint density at radius 2 is 1.50 bits per heavy atom. The van der Waals surface area contributed by atoms with E-state index in [4.69, 9.17) is 0 Å². The first kappa shape index (κ1) is 19.4. The monoisotopic (exact) mass is 509 g/mol. The molecule has 0 radical (unpaired) electrons. The average molecular weight is 511 g/mol. The van der Waals surface area contributed by atoms with Gasteiger partial charge < -0.3 is 14.9 Å². The van der Waals surface area contributed by atoms with Crippen molar-refractivity contribution in [2.75, 3.05) is 41.4 Å². The highest BCUT2D eigenvalue weighted by Crippen LogP contribution is 2.30. The molecule has 3 heterocycles. The minimum atomic E-state index is 0.125. The van der Waals surface area contributed by atoms with E-state index >= 15 is 0 Å². The number of hydrogen-bond acceptors (Lipinski definition) is 8. The van der Waals surface area contributed by atoms with Gasteiger partial charge in [0.15, 0.2) is 0 Å². The Hall–Kier alpha value is -1.94. The van der Waals surface area contributed by atoms with Crippen LogP contribution in [0, 0.1) is 0 Å². The van der Waals surface area contributed by atoms with Crippen molar-refractivity contribution in [1.82, 2.24) is 15.0 Å². The van der Waals surface area contributed by atoms with E-state index in [1.807, 2.05) is 0 Å². The van der Waals surface area contributed by atoms with Gasteiger partial charge in [0.1, 0.15) is 5.75 Å². The van der Waals surface area contributed by atoms with Gasteiger partial charge in [0.2, 0.25) is 17.8 Å². The van der Waals surface area contributed by atoms with Gasteiger partial charge in [-0.15, -0.1) is 0 Å². The second-order valence-corrected chi connectivity index (χ2v) is 8.61. The molecule has 2 aliphatic rings. The highest BCUT2D eigenvalue weighted by atomic mass is 79.9. The quantitative estimate of drug-likeness (QED) is 0.467. The maximum absolute atomic E-state index is 10.2. The van der Waals surface area contributed by atoms with Crippen LogP contribution >= 0.6 is 31.9 Å². The van der Waals surface area contributed by atoms with Gasteiger partial charge in [-0.3, -0.25) is 0 Å². The standard InChI is InChI=1S/C18H21Br2N7O/c19-13-9-12(15(28)14(20)10-13)11-21-25-16-22-17(26-5-1-2-6-26)24-18(23-16)27-7-3-4-8-27/h9-11,28H,1-8H2,(H,22,23,24,25)/b21-11+. The molecule has 8 nitrogen and oxygen atoms in total. The van der Waals surface area contributed by atoms with Crippen LogP contribution in [0.5, 0.6) is 5.75 Å². The van der Waals surface area contributed by atoms with Gasteiger partial charge in [0.05, 0.1) is 10.7 Å². The van der Waals surface area contributed by atoms with Crippen LogP contribution in [0.2, 0.25) is 0 Å². The summed E-state index contributed by atoms with van der Waals surface area (Å²) in [5.74, 6) is 1.92. The Morgan fingerprint density at radius 1 is 0.929 bits per heavy atom. The number of aromatic nitrogens is 3. The van der Waals surface area contributed by atoms with Crippen molar-refractivity contribution in [2.45, 2.75) is 25.7 Å². The number of halogens is 2. The van der Waals surface area contributed by atoms with Crippen molar-refractivity contribution in [3.8, 4) is 5.75 Å². The molecule has 2 N–H and O–H groups in total. The fourth-order valence-electron chi connectivity index (χ4n) is 3.36. The first-order chi connectivity index (χ1) is 13.6. The smallest absolute Gasteiger partial charge is 0.250 e. The fourth-order valence-corrected chi connectivity index (χ4v) is 4.62. The Balaban J connectivity index is 1.58. The predicted molar refractivity (Wildman–Crippen MR) is 117 cm³/mol. The summed E-state index contributed by atoms with van der Waals surface area (Å²) in [5.41, 5.74) is 3.47. The molecule has 2 fully saturated rings. The molecular weight excluding hydrogens is 490 g/mol. The third-order valence-corrected chi connectivity index (χ3v) is 5.88. The SMILES string of the molecule is Oc1c(Br)cc(Br)cc1/C=N/Nc1nc(N2CCCC2)nc(N2CCCC2)n1. The molecule has 1 aromatic heterocycles.